The number of esters is 2. The number of amides is 1. The average Bonchev–Trinajstić information content (AvgIpc) is 2.43. The largest absolute Gasteiger partial charge is 0.444 e. The van der Waals surface area contributed by atoms with E-state index in [-0.39, 0.29) is 18.6 Å². The molecule has 0 radical (unpaired) electrons. The Morgan fingerprint density at radius 3 is 2.48 bits per heavy atom. The van der Waals surface area contributed by atoms with E-state index >= 15 is 0 Å². The summed E-state index contributed by atoms with van der Waals surface area (Å²) in [6.07, 6.45) is -1.15. The van der Waals surface area contributed by atoms with Gasteiger partial charge in [-0.05, 0) is 32.9 Å². The third-order valence-corrected chi connectivity index (χ3v) is 3.18. The smallest absolute Gasteiger partial charge is 0.408 e. The summed E-state index contributed by atoms with van der Waals surface area (Å²) in [6.45, 7) is 6.20. The highest BCUT2D eigenvalue weighted by Crippen LogP contribution is 2.09. The Kier molecular flexibility index (Phi) is 10.3. The second-order valence-corrected chi connectivity index (χ2v) is 6.64. The van der Waals surface area contributed by atoms with Crippen molar-refractivity contribution in [3.8, 4) is 11.2 Å². The topological polar surface area (TPSA) is 125 Å². The maximum atomic E-state index is 12.0. The summed E-state index contributed by atoms with van der Waals surface area (Å²) in [5.41, 5.74) is -0.757. The first-order valence-corrected chi connectivity index (χ1v) is 8.43. The van der Waals surface area contributed by atoms with Crippen LogP contribution in [0.2, 0.25) is 0 Å². The number of hydrogen-bond donors (Lipinski definition) is 1. The van der Waals surface area contributed by atoms with Crippen molar-refractivity contribution >= 4 is 29.8 Å². The maximum Gasteiger partial charge on any atom is 0.408 e. The molecule has 0 rings (SSSR count). The van der Waals surface area contributed by atoms with Gasteiger partial charge in [0.1, 0.15) is 11.6 Å². The van der Waals surface area contributed by atoms with Crippen LogP contribution in [-0.2, 0) is 19.1 Å². The minimum absolute atomic E-state index is 0.0423. The van der Waals surface area contributed by atoms with Crippen molar-refractivity contribution in [2.24, 2.45) is 0 Å². The van der Waals surface area contributed by atoms with Crippen LogP contribution in [-0.4, -0.2) is 46.9 Å². The molecule has 0 aromatic rings. The molecule has 0 aromatic heterocycles. The van der Waals surface area contributed by atoms with Crippen molar-refractivity contribution < 1.29 is 28.8 Å². The number of nitro groups is 1. The molecule has 0 spiro atoms. The molecule has 1 N–H and O–H groups in total. The van der Waals surface area contributed by atoms with Crippen LogP contribution < -0.4 is 5.32 Å². The molecular weight excluding hydrogens is 352 g/mol. The van der Waals surface area contributed by atoms with Crippen LogP contribution in [0.15, 0.2) is 0 Å². The van der Waals surface area contributed by atoms with Crippen LogP contribution in [0.25, 0.3) is 0 Å². The van der Waals surface area contributed by atoms with Gasteiger partial charge in [0.2, 0.25) is 6.54 Å². The summed E-state index contributed by atoms with van der Waals surface area (Å²) >= 11 is 1.07. The highest BCUT2D eigenvalue weighted by molar-refractivity contribution is 8.03. The third-order valence-electron chi connectivity index (χ3n) is 2.34. The molecule has 0 bridgehead atoms. The summed E-state index contributed by atoms with van der Waals surface area (Å²) in [5.74, 6) is 0.811. The van der Waals surface area contributed by atoms with E-state index in [1.807, 2.05) is 0 Å². The third kappa shape index (κ3) is 12.8. The maximum absolute atomic E-state index is 12.0. The number of nitrogens with one attached hydrogen (secondary N) is 1. The highest BCUT2D eigenvalue weighted by atomic mass is 32.2. The molecule has 0 aromatic carbocycles. The number of rotatable bonds is 8. The summed E-state index contributed by atoms with van der Waals surface area (Å²) in [5, 5.41) is 15.2. The first kappa shape index (κ1) is 22.7. The van der Waals surface area contributed by atoms with E-state index in [1.54, 1.807) is 27.7 Å². The van der Waals surface area contributed by atoms with Gasteiger partial charge in [0, 0.05) is 17.1 Å². The van der Waals surface area contributed by atoms with Gasteiger partial charge in [0.05, 0.1) is 6.42 Å². The Bertz CT molecular complexity index is 560. The molecule has 0 fully saturated rings. The summed E-state index contributed by atoms with van der Waals surface area (Å²) < 4.78 is 9.68. The fraction of sp³-hybridized carbons (Fsp3) is 0.667. The van der Waals surface area contributed by atoms with Gasteiger partial charge in [-0.25, -0.2) is 9.59 Å². The number of thioether (sulfide) groups is 1. The molecule has 1 unspecified atom stereocenters. The number of alkyl carbamates (subject to hydrolysis) is 1. The predicted octanol–water partition coefficient (Wildman–Crippen LogP) is 1.72. The monoisotopic (exact) mass is 374 g/mol. The summed E-state index contributed by atoms with van der Waals surface area (Å²) in [4.78, 5) is 45.0. The van der Waals surface area contributed by atoms with Crippen LogP contribution >= 0.6 is 11.8 Å². The van der Waals surface area contributed by atoms with Gasteiger partial charge in [-0.1, -0.05) is 17.7 Å². The van der Waals surface area contributed by atoms with E-state index in [9.17, 15) is 24.5 Å². The van der Waals surface area contributed by atoms with Crippen molar-refractivity contribution in [2.75, 3.05) is 12.3 Å². The molecule has 0 aliphatic heterocycles. The minimum atomic E-state index is -1.14. The molecule has 0 saturated carbocycles. The number of ether oxygens (including phenoxy) is 2. The standard InChI is InChI=1S/C15H22N2O7S/c1-5-9-25-10-11(16-14(20)24-15(2,3)4)13(19)23-12(18)7-6-8-17(21)22/h11H,6-8,10H2,1-4H3,(H,16,20). The zero-order valence-electron chi connectivity index (χ0n) is 14.6. The number of carbonyl (C=O) groups is 3. The molecule has 1 atom stereocenters. The SMILES string of the molecule is CC#CSCC(NC(=O)OC(C)(C)C)C(=O)OC(=O)CCC[N+](=O)[O-]. The van der Waals surface area contributed by atoms with Crippen LogP contribution in [0.5, 0.6) is 0 Å². The van der Waals surface area contributed by atoms with E-state index in [0.717, 1.165) is 11.8 Å². The second kappa shape index (κ2) is 11.3. The van der Waals surface area contributed by atoms with Gasteiger partial charge in [-0.2, -0.15) is 0 Å². The van der Waals surface area contributed by atoms with E-state index in [2.05, 4.69) is 21.2 Å². The Hall–Kier alpha value is -2.28. The van der Waals surface area contributed by atoms with Crippen molar-refractivity contribution in [2.45, 2.75) is 52.2 Å². The van der Waals surface area contributed by atoms with Gasteiger partial charge >= 0.3 is 18.0 Å². The molecular formula is C15H22N2O7S. The summed E-state index contributed by atoms with van der Waals surface area (Å²) in [6, 6.07) is -1.14. The molecule has 0 aliphatic carbocycles. The molecule has 140 valence electrons. The first-order chi connectivity index (χ1) is 11.5. The number of hydrogen-bond acceptors (Lipinski definition) is 8. The quantitative estimate of drug-likeness (QED) is 0.224. The van der Waals surface area contributed by atoms with Crippen LogP contribution in [0.4, 0.5) is 4.79 Å². The van der Waals surface area contributed by atoms with Gasteiger partial charge in [-0.3, -0.25) is 14.9 Å². The predicted molar refractivity (Wildman–Crippen MR) is 91.3 cm³/mol. The normalized spacial score (nSPS) is 11.5. The molecule has 0 saturated heterocycles. The van der Waals surface area contributed by atoms with Crippen molar-refractivity contribution in [3.05, 3.63) is 10.1 Å². The lowest BCUT2D eigenvalue weighted by Crippen LogP contribution is -2.46. The van der Waals surface area contributed by atoms with Crippen LogP contribution in [0.3, 0.4) is 0 Å². The molecule has 10 heteroatoms. The zero-order chi connectivity index (χ0) is 19.5. The highest BCUT2D eigenvalue weighted by Gasteiger charge is 2.27. The van der Waals surface area contributed by atoms with Gasteiger partial charge in [0.15, 0.2) is 0 Å². The van der Waals surface area contributed by atoms with Gasteiger partial charge < -0.3 is 14.8 Å². The molecule has 25 heavy (non-hydrogen) atoms. The van der Waals surface area contributed by atoms with Crippen molar-refractivity contribution in [1.82, 2.24) is 5.32 Å². The first-order valence-electron chi connectivity index (χ1n) is 7.44. The van der Waals surface area contributed by atoms with Gasteiger partial charge in [-0.15, -0.1) is 0 Å². The van der Waals surface area contributed by atoms with Crippen molar-refractivity contribution in [1.29, 1.82) is 0 Å². The van der Waals surface area contributed by atoms with E-state index in [0.29, 0.717) is 0 Å². The fourth-order valence-corrected chi connectivity index (χ4v) is 2.02. The molecule has 0 aliphatic rings. The molecule has 0 heterocycles. The number of nitrogens with zero attached hydrogens (tertiary/aromatic N) is 1. The molecule has 1 amide bonds. The fourth-order valence-electron chi connectivity index (χ4n) is 1.40. The lowest BCUT2D eigenvalue weighted by atomic mass is 10.2. The average molecular weight is 374 g/mol. The number of carbonyl (C=O) groups excluding carboxylic acids is 3. The second-order valence-electron chi connectivity index (χ2n) is 5.81. The van der Waals surface area contributed by atoms with Crippen LogP contribution in [0, 0.1) is 21.3 Å². The Balaban J connectivity index is 4.68. The Morgan fingerprint density at radius 2 is 1.96 bits per heavy atom. The lowest BCUT2D eigenvalue weighted by molar-refractivity contribution is -0.480. The Labute approximate surface area is 150 Å². The summed E-state index contributed by atoms with van der Waals surface area (Å²) in [7, 11) is 0. The van der Waals surface area contributed by atoms with Crippen LogP contribution in [0.1, 0.15) is 40.5 Å². The van der Waals surface area contributed by atoms with E-state index < -0.39 is 41.1 Å². The Morgan fingerprint density at radius 1 is 1.32 bits per heavy atom. The van der Waals surface area contributed by atoms with Gasteiger partial charge in [0.25, 0.3) is 0 Å². The minimum Gasteiger partial charge on any atom is -0.444 e. The van der Waals surface area contributed by atoms with E-state index in [4.69, 9.17) is 4.74 Å². The zero-order valence-corrected chi connectivity index (χ0v) is 15.4. The van der Waals surface area contributed by atoms with Crippen molar-refractivity contribution in [3.63, 3.8) is 0 Å². The molecule has 9 nitrogen and oxygen atoms in total. The van der Waals surface area contributed by atoms with E-state index in [1.165, 1.54) is 0 Å². The lowest BCUT2D eigenvalue weighted by Gasteiger charge is -2.22.